The van der Waals surface area contributed by atoms with Gasteiger partial charge in [0.25, 0.3) is 0 Å². The minimum absolute atomic E-state index is 0.674. The zero-order chi connectivity index (χ0) is 17.4. The molecule has 0 atom stereocenters. The van der Waals surface area contributed by atoms with Crippen LogP contribution in [0.1, 0.15) is 0 Å². The fraction of sp³-hybridized carbons (Fsp3) is 0.211. The van der Waals surface area contributed by atoms with Crippen LogP contribution in [0, 0.1) is 0 Å². The maximum atomic E-state index is 5.82. The van der Waals surface area contributed by atoms with Crippen molar-refractivity contribution in [3.05, 3.63) is 72.9 Å². The fourth-order valence-corrected chi connectivity index (χ4v) is 7.03. The molecule has 0 bridgehead atoms. The Morgan fingerprint density at radius 2 is 1.48 bits per heavy atom. The lowest BCUT2D eigenvalue weighted by Crippen LogP contribution is -2.36. The molecule has 1 aromatic heterocycles. The van der Waals surface area contributed by atoms with Crippen molar-refractivity contribution < 1.29 is 4.74 Å². The summed E-state index contributed by atoms with van der Waals surface area (Å²) in [6.07, 6.45) is 2.61. The molecule has 0 aliphatic rings. The molecule has 0 N–H and O–H groups in total. The zero-order valence-electron chi connectivity index (χ0n) is 13.8. The third-order valence-corrected chi connectivity index (χ3v) is 8.62. The van der Waals surface area contributed by atoms with Gasteiger partial charge in [-0.2, -0.15) is 0 Å². The SMILES string of the molecule is [76Br]CCOCC[P+](c1ccccc1)(c1ccccc1)c1ccnnn1. The maximum Gasteiger partial charge on any atom is 0.216 e. The fourth-order valence-electron chi connectivity index (χ4n) is 2.95. The molecule has 2 aromatic carbocycles. The van der Waals surface area contributed by atoms with Gasteiger partial charge in [0, 0.05) is 11.4 Å². The number of halogens is 1. The lowest BCUT2D eigenvalue weighted by atomic mass is 10.4. The molecule has 0 fully saturated rings. The molecule has 0 aliphatic heterocycles. The molecular formula is C19H20BrN3OP+. The van der Waals surface area contributed by atoms with Gasteiger partial charge in [-0.1, -0.05) is 57.4 Å². The zero-order valence-corrected chi connectivity index (χ0v) is 16.3. The summed E-state index contributed by atoms with van der Waals surface area (Å²) in [5.74, 6) is 0. The molecule has 4 nitrogen and oxygen atoms in total. The van der Waals surface area contributed by atoms with Crippen LogP contribution >= 0.6 is 23.2 Å². The van der Waals surface area contributed by atoms with E-state index in [4.69, 9.17) is 4.74 Å². The van der Waals surface area contributed by atoms with Gasteiger partial charge in [-0.25, -0.2) is 0 Å². The third kappa shape index (κ3) is 4.12. The maximum absolute atomic E-state index is 5.82. The van der Waals surface area contributed by atoms with Gasteiger partial charge in [0.05, 0.1) is 25.6 Å². The van der Waals surface area contributed by atoms with Crippen LogP contribution in [0.25, 0.3) is 0 Å². The number of aromatic nitrogens is 3. The monoisotopic (exact) mass is 413 g/mol. The minimum Gasteiger partial charge on any atom is -0.377 e. The van der Waals surface area contributed by atoms with Crippen molar-refractivity contribution in [1.82, 2.24) is 15.4 Å². The van der Waals surface area contributed by atoms with Crippen LogP contribution in [-0.4, -0.2) is 40.1 Å². The van der Waals surface area contributed by atoms with E-state index in [0.29, 0.717) is 13.2 Å². The summed E-state index contributed by atoms with van der Waals surface area (Å²) in [7, 11) is -1.95. The molecule has 0 spiro atoms. The van der Waals surface area contributed by atoms with Gasteiger partial charge in [0.1, 0.15) is 17.9 Å². The Bertz CT molecular complexity index is 663. The summed E-state index contributed by atoms with van der Waals surface area (Å²) < 4.78 is 5.82. The standard InChI is InChI=1S/C19H20BrN3OP/c20-12-14-24-15-16-25(17-7-3-1-4-8-17,18-9-5-2-6-10-18)19-11-13-21-23-22-19/h1-11,13H,12,14-16H2/q+1/i20-4. The van der Waals surface area contributed by atoms with Crippen LogP contribution in [0.2, 0.25) is 0 Å². The van der Waals surface area contributed by atoms with E-state index in [1.807, 2.05) is 18.2 Å². The molecule has 3 rings (SSSR count). The summed E-state index contributed by atoms with van der Waals surface area (Å²) in [6, 6.07) is 23.2. The van der Waals surface area contributed by atoms with Crippen LogP contribution in [0.15, 0.2) is 72.9 Å². The quantitative estimate of drug-likeness (QED) is 0.324. The molecule has 128 valence electrons. The van der Waals surface area contributed by atoms with E-state index in [1.165, 1.54) is 10.6 Å². The smallest absolute Gasteiger partial charge is 0.216 e. The molecule has 0 saturated carbocycles. The number of alkyl halides is 1. The predicted molar refractivity (Wildman–Crippen MR) is 108 cm³/mol. The van der Waals surface area contributed by atoms with Crippen molar-refractivity contribution in [3.8, 4) is 0 Å². The van der Waals surface area contributed by atoms with E-state index >= 15 is 0 Å². The molecule has 0 unspecified atom stereocenters. The Hall–Kier alpha value is -1.68. The molecule has 3 aromatic rings. The van der Waals surface area contributed by atoms with Gasteiger partial charge >= 0.3 is 0 Å². The van der Waals surface area contributed by atoms with Gasteiger partial charge in [-0.15, -0.1) is 5.10 Å². The Morgan fingerprint density at radius 3 is 2.00 bits per heavy atom. The molecule has 25 heavy (non-hydrogen) atoms. The highest BCUT2D eigenvalue weighted by Gasteiger charge is 2.46. The van der Waals surface area contributed by atoms with Gasteiger partial charge in [0.2, 0.25) is 5.44 Å². The Kier molecular flexibility index (Phi) is 6.62. The molecular weight excluding hydrogens is 393 g/mol. The van der Waals surface area contributed by atoms with Gasteiger partial charge in [-0.05, 0) is 29.5 Å². The van der Waals surface area contributed by atoms with Crippen molar-refractivity contribution in [2.45, 2.75) is 0 Å². The summed E-state index contributed by atoms with van der Waals surface area (Å²) >= 11 is 3.42. The number of hydrogen-bond donors (Lipinski definition) is 0. The second kappa shape index (κ2) is 9.14. The van der Waals surface area contributed by atoms with E-state index in [1.54, 1.807) is 6.20 Å². The van der Waals surface area contributed by atoms with Gasteiger partial charge in [-0.3, -0.25) is 0 Å². The lowest BCUT2D eigenvalue weighted by molar-refractivity contribution is 0.167. The second-order valence-electron chi connectivity index (χ2n) is 5.48. The number of hydrogen-bond acceptors (Lipinski definition) is 4. The Morgan fingerprint density at radius 1 is 0.840 bits per heavy atom. The molecule has 1 heterocycles. The Balaban J connectivity index is 2.13. The van der Waals surface area contributed by atoms with Crippen LogP contribution in [0.4, 0.5) is 0 Å². The first-order valence-electron chi connectivity index (χ1n) is 8.16. The first-order valence-corrected chi connectivity index (χ1v) is 11.3. The Labute approximate surface area is 157 Å². The van der Waals surface area contributed by atoms with E-state index < -0.39 is 7.26 Å². The summed E-state index contributed by atoms with van der Waals surface area (Å²) in [5, 5.41) is 15.6. The first kappa shape index (κ1) is 18.1. The van der Waals surface area contributed by atoms with Crippen LogP contribution < -0.4 is 16.0 Å². The van der Waals surface area contributed by atoms with Crippen LogP contribution in [0.3, 0.4) is 0 Å². The van der Waals surface area contributed by atoms with Gasteiger partial charge < -0.3 is 4.74 Å². The topological polar surface area (TPSA) is 47.9 Å². The highest BCUT2D eigenvalue weighted by molar-refractivity contribution is 9.09. The van der Waals surface area contributed by atoms with Crippen molar-refractivity contribution in [1.29, 1.82) is 0 Å². The second-order valence-corrected chi connectivity index (χ2v) is 9.84. The largest absolute Gasteiger partial charge is 0.377 e. The third-order valence-electron chi connectivity index (χ3n) is 4.07. The van der Waals surface area contributed by atoms with Crippen LogP contribution in [0.5, 0.6) is 0 Å². The average molecular weight is 413 g/mol. The molecule has 0 radical (unpaired) electrons. The summed E-state index contributed by atoms with van der Waals surface area (Å²) in [4.78, 5) is 0. The highest BCUT2D eigenvalue weighted by atomic mass is 75.9. The van der Waals surface area contributed by atoms with Crippen molar-refractivity contribution in [3.63, 3.8) is 0 Å². The number of ether oxygens (including phenoxy) is 1. The summed E-state index contributed by atoms with van der Waals surface area (Å²) in [5.41, 5.74) is 0.988. The average Bonchev–Trinajstić information content (AvgIpc) is 2.70. The van der Waals surface area contributed by atoms with Crippen molar-refractivity contribution >= 4 is 39.2 Å². The van der Waals surface area contributed by atoms with Gasteiger partial charge in [0.15, 0.2) is 0 Å². The molecule has 6 heteroatoms. The van der Waals surface area contributed by atoms with E-state index in [9.17, 15) is 0 Å². The predicted octanol–water partition coefficient (Wildman–Crippen LogP) is 2.58. The van der Waals surface area contributed by atoms with Crippen molar-refractivity contribution in [2.75, 3.05) is 24.7 Å². The highest BCUT2D eigenvalue weighted by Crippen LogP contribution is 2.54. The lowest BCUT2D eigenvalue weighted by Gasteiger charge is -2.25. The molecule has 0 aliphatic carbocycles. The first-order chi connectivity index (χ1) is 12.4. The van der Waals surface area contributed by atoms with E-state index in [2.05, 4.69) is 79.9 Å². The number of nitrogens with zero attached hydrogens (tertiary/aromatic N) is 3. The van der Waals surface area contributed by atoms with Crippen molar-refractivity contribution in [2.24, 2.45) is 0 Å². The molecule has 0 saturated heterocycles. The van der Waals surface area contributed by atoms with E-state index in [-0.39, 0.29) is 0 Å². The number of rotatable bonds is 8. The van der Waals surface area contributed by atoms with Crippen LogP contribution in [-0.2, 0) is 4.74 Å². The summed E-state index contributed by atoms with van der Waals surface area (Å²) in [6.45, 7) is 1.37. The number of benzene rings is 2. The normalized spacial score (nSPS) is 11.4. The minimum atomic E-state index is -1.95. The molecule has 0 amide bonds. The van der Waals surface area contributed by atoms with E-state index in [0.717, 1.165) is 16.9 Å².